The van der Waals surface area contributed by atoms with Crippen LogP contribution in [-0.4, -0.2) is 29.7 Å². The number of carbonyl (C=O) groups excluding carboxylic acids is 2. The van der Waals surface area contributed by atoms with Crippen molar-refractivity contribution in [1.29, 1.82) is 0 Å². The highest BCUT2D eigenvalue weighted by Gasteiger charge is 2.44. The molecule has 0 radical (unpaired) electrons. The maximum absolute atomic E-state index is 11.6. The molecule has 1 aliphatic carbocycles. The maximum Gasteiger partial charge on any atom is 0.310 e. The van der Waals surface area contributed by atoms with Gasteiger partial charge in [-0.1, -0.05) is 0 Å². The minimum absolute atomic E-state index is 0.0481. The Morgan fingerprint density at radius 2 is 1.86 bits per heavy atom. The lowest BCUT2D eigenvalue weighted by Crippen LogP contribution is -2.17. The molecule has 116 valence electrons. The average Bonchev–Trinajstić information content (AvgIpc) is 3.01. The molecule has 0 aliphatic heterocycles. The van der Waals surface area contributed by atoms with Crippen LogP contribution in [0.25, 0.3) is 0 Å². The first-order chi connectivity index (χ1) is 10.1. The molecule has 21 heavy (non-hydrogen) atoms. The number of carbonyl (C=O) groups is 2. The van der Waals surface area contributed by atoms with E-state index in [0.717, 1.165) is 24.9 Å². The standard InChI is InChI=1S/C16H23NO4/c1-3-20-14(18)9-13-5-8-17(11-13)12-16(6-7-16)10-15(19)21-4-2/h5,8,11H,3-4,6-7,9-10,12H2,1-2H3. The van der Waals surface area contributed by atoms with Crippen LogP contribution in [0.1, 0.15) is 38.7 Å². The number of rotatable bonds is 8. The van der Waals surface area contributed by atoms with Gasteiger partial charge in [-0.3, -0.25) is 9.59 Å². The van der Waals surface area contributed by atoms with Gasteiger partial charge >= 0.3 is 11.9 Å². The van der Waals surface area contributed by atoms with Crippen LogP contribution in [0.4, 0.5) is 0 Å². The van der Waals surface area contributed by atoms with E-state index < -0.39 is 0 Å². The van der Waals surface area contributed by atoms with Crippen molar-refractivity contribution in [2.24, 2.45) is 5.41 Å². The predicted octanol–water partition coefficient (Wildman–Crippen LogP) is 2.33. The summed E-state index contributed by atoms with van der Waals surface area (Å²) in [4.78, 5) is 23.1. The molecule has 0 bridgehead atoms. The second kappa shape index (κ2) is 6.78. The Hall–Kier alpha value is -1.78. The van der Waals surface area contributed by atoms with Crippen LogP contribution in [-0.2, 0) is 32.0 Å². The molecule has 1 heterocycles. The van der Waals surface area contributed by atoms with Crippen molar-refractivity contribution in [3.05, 3.63) is 24.0 Å². The predicted molar refractivity (Wildman–Crippen MR) is 77.7 cm³/mol. The normalized spacial score (nSPS) is 15.5. The first-order valence-corrected chi connectivity index (χ1v) is 7.53. The van der Waals surface area contributed by atoms with Crippen LogP contribution < -0.4 is 0 Å². The van der Waals surface area contributed by atoms with Gasteiger partial charge in [0.1, 0.15) is 0 Å². The molecule has 0 amide bonds. The highest BCUT2D eigenvalue weighted by Crippen LogP contribution is 2.50. The Balaban J connectivity index is 1.87. The minimum Gasteiger partial charge on any atom is -0.466 e. The summed E-state index contributed by atoms with van der Waals surface area (Å²) in [6.45, 7) is 5.26. The Morgan fingerprint density at radius 3 is 2.48 bits per heavy atom. The monoisotopic (exact) mass is 293 g/mol. The second-order valence-corrected chi connectivity index (χ2v) is 5.66. The summed E-state index contributed by atoms with van der Waals surface area (Å²) in [7, 11) is 0. The summed E-state index contributed by atoms with van der Waals surface area (Å²) in [5.41, 5.74) is 0.993. The van der Waals surface area contributed by atoms with Crippen LogP contribution in [0, 0.1) is 5.41 Å². The van der Waals surface area contributed by atoms with Crippen molar-refractivity contribution in [3.8, 4) is 0 Å². The number of esters is 2. The van der Waals surface area contributed by atoms with Crippen LogP contribution >= 0.6 is 0 Å². The molecule has 5 heteroatoms. The fraction of sp³-hybridized carbons (Fsp3) is 0.625. The first-order valence-electron chi connectivity index (χ1n) is 7.53. The van der Waals surface area contributed by atoms with E-state index in [4.69, 9.17) is 9.47 Å². The van der Waals surface area contributed by atoms with E-state index in [1.807, 2.05) is 25.4 Å². The van der Waals surface area contributed by atoms with E-state index in [1.165, 1.54) is 0 Å². The summed E-state index contributed by atoms with van der Waals surface area (Å²) in [5.74, 6) is -0.322. The SMILES string of the molecule is CCOC(=O)Cc1ccn(CC2(CC(=O)OCC)CC2)c1. The van der Waals surface area contributed by atoms with Crippen molar-refractivity contribution in [1.82, 2.24) is 4.57 Å². The summed E-state index contributed by atoms with van der Waals surface area (Å²) < 4.78 is 12.0. The highest BCUT2D eigenvalue weighted by molar-refractivity contribution is 5.72. The summed E-state index contributed by atoms with van der Waals surface area (Å²) >= 11 is 0. The molecule has 0 saturated heterocycles. The molecule has 0 spiro atoms. The molecule has 0 aromatic carbocycles. The number of aromatic nitrogens is 1. The van der Waals surface area contributed by atoms with Gasteiger partial charge in [-0.25, -0.2) is 0 Å². The molecule has 1 saturated carbocycles. The molecule has 5 nitrogen and oxygen atoms in total. The Bertz CT molecular complexity index is 502. The number of ether oxygens (including phenoxy) is 2. The Labute approximate surface area is 125 Å². The van der Waals surface area contributed by atoms with E-state index >= 15 is 0 Å². The van der Waals surface area contributed by atoms with Crippen molar-refractivity contribution >= 4 is 11.9 Å². The Kier molecular flexibility index (Phi) is 5.04. The zero-order chi connectivity index (χ0) is 15.3. The molecule has 1 aromatic heterocycles. The van der Waals surface area contributed by atoms with Gasteiger partial charge in [-0.05, 0) is 43.7 Å². The van der Waals surface area contributed by atoms with Gasteiger partial charge in [0.15, 0.2) is 0 Å². The summed E-state index contributed by atoms with van der Waals surface area (Å²) in [5, 5.41) is 0. The van der Waals surface area contributed by atoms with Crippen LogP contribution in [0.2, 0.25) is 0 Å². The van der Waals surface area contributed by atoms with Gasteiger partial charge in [0.05, 0.1) is 26.1 Å². The first kappa shape index (κ1) is 15.6. The fourth-order valence-corrected chi connectivity index (χ4v) is 2.55. The van der Waals surface area contributed by atoms with E-state index in [1.54, 1.807) is 6.92 Å². The van der Waals surface area contributed by atoms with Crippen LogP contribution in [0.15, 0.2) is 18.5 Å². The van der Waals surface area contributed by atoms with Crippen molar-refractivity contribution < 1.29 is 19.1 Å². The van der Waals surface area contributed by atoms with Gasteiger partial charge in [-0.15, -0.1) is 0 Å². The lowest BCUT2D eigenvalue weighted by Gasteiger charge is -2.15. The molecular weight excluding hydrogens is 270 g/mol. The molecule has 1 aromatic rings. The summed E-state index contributed by atoms with van der Waals surface area (Å²) in [6.07, 6.45) is 6.80. The van der Waals surface area contributed by atoms with Gasteiger partial charge in [-0.2, -0.15) is 0 Å². The largest absolute Gasteiger partial charge is 0.466 e. The third kappa shape index (κ3) is 4.62. The lowest BCUT2D eigenvalue weighted by atomic mass is 10.0. The second-order valence-electron chi connectivity index (χ2n) is 5.66. The third-order valence-corrected chi connectivity index (χ3v) is 3.77. The number of nitrogens with zero attached hydrogens (tertiary/aromatic N) is 1. The van der Waals surface area contributed by atoms with Gasteiger partial charge in [0.25, 0.3) is 0 Å². The summed E-state index contributed by atoms with van der Waals surface area (Å²) in [6, 6.07) is 1.93. The zero-order valence-corrected chi connectivity index (χ0v) is 12.8. The smallest absolute Gasteiger partial charge is 0.310 e. The Morgan fingerprint density at radius 1 is 1.19 bits per heavy atom. The van der Waals surface area contributed by atoms with Crippen LogP contribution in [0.3, 0.4) is 0 Å². The fourth-order valence-electron chi connectivity index (χ4n) is 2.55. The van der Waals surface area contributed by atoms with Gasteiger partial charge in [0, 0.05) is 18.9 Å². The van der Waals surface area contributed by atoms with E-state index in [9.17, 15) is 9.59 Å². The molecule has 0 unspecified atom stereocenters. The maximum atomic E-state index is 11.6. The quantitative estimate of drug-likeness (QED) is 0.690. The number of hydrogen-bond acceptors (Lipinski definition) is 4. The van der Waals surface area contributed by atoms with E-state index in [-0.39, 0.29) is 17.4 Å². The highest BCUT2D eigenvalue weighted by atomic mass is 16.5. The lowest BCUT2D eigenvalue weighted by molar-refractivity contribution is -0.145. The number of hydrogen-bond donors (Lipinski definition) is 0. The van der Waals surface area contributed by atoms with Crippen molar-refractivity contribution in [2.75, 3.05) is 13.2 Å². The molecule has 1 aliphatic rings. The van der Waals surface area contributed by atoms with E-state index in [2.05, 4.69) is 4.57 Å². The zero-order valence-electron chi connectivity index (χ0n) is 12.8. The molecule has 0 N–H and O–H groups in total. The van der Waals surface area contributed by atoms with Crippen molar-refractivity contribution in [2.45, 2.75) is 46.1 Å². The molecule has 2 rings (SSSR count). The van der Waals surface area contributed by atoms with Gasteiger partial charge in [0.2, 0.25) is 0 Å². The topological polar surface area (TPSA) is 57.5 Å². The molecular formula is C16H23NO4. The molecule has 0 atom stereocenters. The van der Waals surface area contributed by atoms with Crippen molar-refractivity contribution in [3.63, 3.8) is 0 Å². The third-order valence-electron chi connectivity index (χ3n) is 3.77. The average molecular weight is 293 g/mol. The minimum atomic E-state index is -0.206. The van der Waals surface area contributed by atoms with E-state index in [0.29, 0.717) is 26.1 Å². The molecule has 1 fully saturated rings. The van der Waals surface area contributed by atoms with Crippen LogP contribution in [0.5, 0.6) is 0 Å². The van der Waals surface area contributed by atoms with Gasteiger partial charge < -0.3 is 14.0 Å².